The molecule has 8 heteroatoms. The van der Waals surface area contributed by atoms with E-state index >= 15 is 0 Å². The Balaban J connectivity index is 2.16. The molecule has 0 radical (unpaired) electrons. The van der Waals surface area contributed by atoms with Gasteiger partial charge in [-0.1, -0.05) is 6.07 Å². The van der Waals surface area contributed by atoms with Crippen molar-refractivity contribution >= 4 is 29.6 Å². The van der Waals surface area contributed by atoms with Gasteiger partial charge in [-0.3, -0.25) is 5.43 Å². The summed E-state index contributed by atoms with van der Waals surface area (Å²) in [6.45, 7) is 1.86. The lowest BCUT2D eigenvalue weighted by molar-refractivity contribution is 0.0600. The van der Waals surface area contributed by atoms with Crippen molar-refractivity contribution in [2.45, 2.75) is 6.92 Å². The summed E-state index contributed by atoms with van der Waals surface area (Å²) in [5.74, 6) is 4.57. The number of hydrogen-bond acceptors (Lipinski definition) is 6. The zero-order valence-corrected chi connectivity index (χ0v) is 13.4. The van der Waals surface area contributed by atoms with E-state index in [9.17, 15) is 9.59 Å². The summed E-state index contributed by atoms with van der Waals surface area (Å²) in [5.41, 5.74) is 6.51. The molecular weight excluding hydrogens is 316 g/mol. The number of hydrazine groups is 1. The maximum Gasteiger partial charge on any atom is 0.349 e. The van der Waals surface area contributed by atoms with Crippen LogP contribution in [0, 0.1) is 6.92 Å². The topological polar surface area (TPSA) is 106 Å². The predicted octanol–water partition coefficient (Wildman–Crippen LogP) is 2.02. The first-order valence-electron chi connectivity index (χ1n) is 6.64. The number of amides is 2. The number of rotatable bonds is 4. The fourth-order valence-corrected chi connectivity index (χ4v) is 2.80. The van der Waals surface area contributed by atoms with E-state index in [0.29, 0.717) is 5.56 Å². The van der Waals surface area contributed by atoms with E-state index in [-0.39, 0.29) is 5.97 Å². The van der Waals surface area contributed by atoms with Gasteiger partial charge in [0.15, 0.2) is 0 Å². The molecule has 0 unspecified atom stereocenters. The Hall–Kier alpha value is -2.71. The van der Waals surface area contributed by atoms with E-state index in [0.717, 1.165) is 20.9 Å². The van der Waals surface area contributed by atoms with Crippen molar-refractivity contribution < 1.29 is 14.3 Å². The highest BCUT2D eigenvalue weighted by Crippen LogP contribution is 2.29. The fourth-order valence-electron chi connectivity index (χ4n) is 1.92. The average Bonchev–Trinajstić information content (AvgIpc) is 3.02. The quantitative estimate of drug-likeness (QED) is 0.262. The van der Waals surface area contributed by atoms with Crippen LogP contribution in [0.3, 0.4) is 0 Å². The number of nitrogens with one attached hydrogen (secondary N) is 2. The van der Waals surface area contributed by atoms with Gasteiger partial charge in [0.05, 0.1) is 18.9 Å². The summed E-state index contributed by atoms with van der Waals surface area (Å²) in [7, 11) is 1.36. The lowest BCUT2D eigenvalue weighted by Gasteiger charge is -2.05. The van der Waals surface area contributed by atoms with Crippen molar-refractivity contribution in [2.75, 3.05) is 7.11 Å². The van der Waals surface area contributed by atoms with Crippen LogP contribution in [0.2, 0.25) is 0 Å². The number of methoxy groups -OCH3 is 1. The molecule has 23 heavy (non-hydrogen) atoms. The van der Waals surface area contributed by atoms with Crippen LogP contribution in [0.1, 0.15) is 20.8 Å². The van der Waals surface area contributed by atoms with Crippen LogP contribution >= 0.6 is 11.3 Å². The van der Waals surface area contributed by atoms with Gasteiger partial charge in [-0.25, -0.2) is 20.9 Å². The van der Waals surface area contributed by atoms with Crippen molar-refractivity contribution in [2.24, 2.45) is 10.9 Å². The molecule has 2 aromatic rings. The standard InChI is InChI=1S/C15H16N4O3S/c1-9-7-10(3-5-12(9)14(20)22-2)13-6-4-11(23-13)8-17-19-15(21)18-16/h3-8H,16H2,1-2H3,(H2,18,19,21)/b17-8+. The first-order valence-corrected chi connectivity index (χ1v) is 7.45. The van der Waals surface area contributed by atoms with E-state index in [1.165, 1.54) is 24.7 Å². The first-order chi connectivity index (χ1) is 11.0. The molecule has 2 rings (SSSR count). The second-order valence-electron chi connectivity index (χ2n) is 4.57. The minimum absolute atomic E-state index is 0.350. The van der Waals surface area contributed by atoms with Crippen molar-refractivity contribution in [3.63, 3.8) is 0 Å². The van der Waals surface area contributed by atoms with Gasteiger partial charge in [0, 0.05) is 9.75 Å². The van der Waals surface area contributed by atoms with Crippen molar-refractivity contribution in [1.82, 2.24) is 10.9 Å². The molecule has 0 aliphatic rings. The largest absolute Gasteiger partial charge is 0.465 e. The Morgan fingerprint density at radius 3 is 2.74 bits per heavy atom. The number of carbonyl (C=O) groups is 2. The maximum atomic E-state index is 11.6. The maximum absolute atomic E-state index is 11.6. The lowest BCUT2D eigenvalue weighted by atomic mass is 10.0. The molecular formula is C15H16N4O3S. The number of nitrogens with two attached hydrogens (primary N) is 1. The molecule has 1 heterocycles. The molecule has 0 atom stereocenters. The third kappa shape index (κ3) is 4.15. The molecule has 0 saturated heterocycles. The molecule has 0 aliphatic carbocycles. The highest BCUT2D eigenvalue weighted by molar-refractivity contribution is 7.17. The smallest absolute Gasteiger partial charge is 0.349 e. The zero-order chi connectivity index (χ0) is 16.8. The van der Waals surface area contributed by atoms with Gasteiger partial charge < -0.3 is 4.74 Å². The van der Waals surface area contributed by atoms with Crippen LogP contribution in [0.5, 0.6) is 0 Å². The summed E-state index contributed by atoms with van der Waals surface area (Å²) in [4.78, 5) is 24.4. The van der Waals surface area contributed by atoms with E-state index < -0.39 is 6.03 Å². The van der Waals surface area contributed by atoms with Gasteiger partial charge in [-0.2, -0.15) is 5.10 Å². The Morgan fingerprint density at radius 1 is 1.30 bits per heavy atom. The molecule has 2 amide bonds. The number of esters is 1. The number of hydrazone groups is 1. The SMILES string of the molecule is COC(=O)c1ccc(-c2ccc(/C=N/NC(=O)NN)s2)cc1C. The number of aryl methyl sites for hydroxylation is 1. The van der Waals surface area contributed by atoms with E-state index in [4.69, 9.17) is 10.6 Å². The monoisotopic (exact) mass is 332 g/mol. The van der Waals surface area contributed by atoms with E-state index in [2.05, 4.69) is 10.5 Å². The van der Waals surface area contributed by atoms with Gasteiger partial charge in [-0.15, -0.1) is 11.3 Å². The van der Waals surface area contributed by atoms with Crippen LogP contribution in [0.4, 0.5) is 4.79 Å². The summed E-state index contributed by atoms with van der Waals surface area (Å²) in [6.07, 6.45) is 1.53. The zero-order valence-electron chi connectivity index (χ0n) is 12.6. The molecule has 1 aromatic heterocycles. The number of urea groups is 1. The molecule has 120 valence electrons. The summed E-state index contributed by atoms with van der Waals surface area (Å²) >= 11 is 1.51. The van der Waals surface area contributed by atoms with E-state index in [1.54, 1.807) is 6.07 Å². The predicted molar refractivity (Wildman–Crippen MR) is 89.3 cm³/mol. The van der Waals surface area contributed by atoms with Crippen LogP contribution < -0.4 is 16.7 Å². The van der Waals surface area contributed by atoms with Crippen LogP contribution in [-0.4, -0.2) is 25.3 Å². The normalized spacial score (nSPS) is 10.6. The number of thiophene rings is 1. The number of ether oxygens (including phenoxy) is 1. The third-order valence-electron chi connectivity index (χ3n) is 3.03. The highest BCUT2D eigenvalue weighted by Gasteiger charge is 2.10. The van der Waals surface area contributed by atoms with Crippen molar-refractivity contribution in [3.05, 3.63) is 46.3 Å². The second kappa shape index (κ2) is 7.52. The second-order valence-corrected chi connectivity index (χ2v) is 5.68. The fraction of sp³-hybridized carbons (Fsp3) is 0.133. The van der Waals surface area contributed by atoms with Gasteiger partial charge in [0.2, 0.25) is 0 Å². The van der Waals surface area contributed by atoms with Gasteiger partial charge >= 0.3 is 12.0 Å². The molecule has 0 aliphatic heterocycles. The van der Waals surface area contributed by atoms with Gasteiger partial charge in [0.1, 0.15) is 0 Å². The third-order valence-corrected chi connectivity index (χ3v) is 4.10. The van der Waals surface area contributed by atoms with Gasteiger partial charge in [-0.05, 0) is 42.3 Å². The minimum Gasteiger partial charge on any atom is -0.465 e. The summed E-state index contributed by atoms with van der Waals surface area (Å²) in [5, 5.41) is 3.77. The molecule has 7 nitrogen and oxygen atoms in total. The van der Waals surface area contributed by atoms with Crippen LogP contribution in [0.15, 0.2) is 35.4 Å². The molecule has 4 N–H and O–H groups in total. The molecule has 0 bridgehead atoms. The number of carbonyl (C=O) groups excluding carboxylic acids is 2. The summed E-state index contributed by atoms with van der Waals surface area (Å²) < 4.78 is 4.74. The first kappa shape index (κ1) is 16.7. The summed E-state index contributed by atoms with van der Waals surface area (Å²) in [6, 6.07) is 8.78. The molecule has 0 spiro atoms. The van der Waals surface area contributed by atoms with Crippen LogP contribution in [0.25, 0.3) is 10.4 Å². The molecule has 0 fully saturated rings. The lowest BCUT2D eigenvalue weighted by Crippen LogP contribution is -2.37. The number of nitrogens with zero attached hydrogens (tertiary/aromatic N) is 1. The molecule has 0 saturated carbocycles. The Kier molecular flexibility index (Phi) is 5.45. The Bertz CT molecular complexity index is 755. The number of hydrogen-bond donors (Lipinski definition) is 3. The highest BCUT2D eigenvalue weighted by atomic mass is 32.1. The van der Waals surface area contributed by atoms with Crippen molar-refractivity contribution in [1.29, 1.82) is 0 Å². The van der Waals surface area contributed by atoms with E-state index in [1.807, 2.05) is 36.6 Å². The molecule has 1 aromatic carbocycles. The Morgan fingerprint density at radius 2 is 2.09 bits per heavy atom. The Labute approximate surface area is 137 Å². The average molecular weight is 332 g/mol. The van der Waals surface area contributed by atoms with Crippen LogP contribution in [-0.2, 0) is 4.74 Å². The van der Waals surface area contributed by atoms with Crippen molar-refractivity contribution in [3.8, 4) is 10.4 Å². The van der Waals surface area contributed by atoms with Gasteiger partial charge in [0.25, 0.3) is 0 Å². The number of benzene rings is 1. The minimum atomic E-state index is -0.591.